The van der Waals surface area contributed by atoms with Crippen LogP contribution in [0.3, 0.4) is 0 Å². The third kappa shape index (κ3) is 66.4. The van der Waals surface area contributed by atoms with Crippen LogP contribution in [-0.4, -0.2) is 47.4 Å². The number of ether oxygens (including phenoxy) is 2. The number of rotatable bonds is 10. The topological polar surface area (TPSA) is 107 Å². The molecule has 0 fully saturated rings. The van der Waals surface area contributed by atoms with E-state index in [0.29, 0.717) is 13.2 Å². The molecule has 0 bridgehead atoms. The van der Waals surface area contributed by atoms with E-state index in [-0.39, 0.29) is 149 Å². The predicted molar refractivity (Wildman–Crippen MR) is 384 cm³/mol. The number of hydrogen-bond donors (Lipinski definition) is 0. The first-order valence-electron chi connectivity index (χ1n) is 20.8. The Morgan fingerprint density at radius 2 is 0.537 bits per heavy atom. The molecular weight excluding hydrogens is 993 g/mol. The highest BCUT2D eigenvalue weighted by molar-refractivity contribution is 5.62. The summed E-state index contributed by atoms with van der Waals surface area (Å²) in [5.41, 5.74) is 6.60. The van der Waals surface area contributed by atoms with Crippen molar-refractivity contribution in [2.45, 2.75) is 245 Å². The Kier molecular flexibility index (Phi) is 180. The minimum atomic E-state index is 0. The van der Waals surface area contributed by atoms with Crippen LogP contribution in [0.1, 0.15) is 240 Å². The zero-order valence-electron chi connectivity index (χ0n) is 39.2. The summed E-state index contributed by atoms with van der Waals surface area (Å²) in [6.45, 7) is 28.8. The third-order valence-electron chi connectivity index (χ3n) is 6.92. The number of methoxy groups -OCH3 is 2. The molecule has 0 aliphatic heterocycles. The van der Waals surface area contributed by atoms with Gasteiger partial charge in [-0.25, -0.2) is 19.9 Å². The standard InChI is InChI=1S/2C12H12N2O.2C9H12O2.4C2H6.20CH4/c1-9-13-7-11(8-14-9)10-3-5-12(15-2)6-4-10;1-9-7-13-12(14-8-9)10-3-5-11(15-2)6-4-10;2*1-3-10-11-9-6-4-8(2)5-7-9;4*1-2;;;;;;;;;;;;;;;;;;;;/h2*3-8H,1-2H3;2*4-7H,3H2,1-2H3;4*1-2H3;20*1H4. The summed E-state index contributed by atoms with van der Waals surface area (Å²) in [4.78, 5) is 36.2. The van der Waals surface area contributed by atoms with Gasteiger partial charge in [-0.2, -0.15) is 9.78 Å². The fraction of sp³-hybridized carbons (Fsp3) is 0.543. The van der Waals surface area contributed by atoms with Crippen LogP contribution in [0.25, 0.3) is 22.5 Å². The van der Waals surface area contributed by atoms with E-state index in [1.165, 1.54) is 11.1 Å². The lowest BCUT2D eigenvalue weighted by Gasteiger charge is -2.02. The molecule has 0 amide bonds. The van der Waals surface area contributed by atoms with Crippen molar-refractivity contribution in [2.24, 2.45) is 0 Å². The van der Waals surface area contributed by atoms with Crippen LogP contribution < -0.4 is 19.2 Å². The number of aromatic nitrogens is 4. The molecule has 10 nitrogen and oxygen atoms in total. The summed E-state index contributed by atoms with van der Waals surface area (Å²) in [7, 11) is 3.31. The lowest BCUT2D eigenvalue weighted by molar-refractivity contribution is -0.202. The summed E-state index contributed by atoms with van der Waals surface area (Å²) in [6, 6.07) is 31.0. The Labute approximate surface area is 509 Å². The van der Waals surface area contributed by atoms with Crippen LogP contribution in [0.15, 0.2) is 122 Å². The van der Waals surface area contributed by atoms with Gasteiger partial charge in [0.2, 0.25) is 0 Å². The van der Waals surface area contributed by atoms with Crippen LogP contribution in [0.2, 0.25) is 0 Å². The van der Waals surface area contributed by atoms with E-state index in [1.807, 2.05) is 219 Å². The van der Waals surface area contributed by atoms with E-state index >= 15 is 0 Å². The number of nitrogens with zero attached hydrogens (tertiary/aromatic N) is 4. The highest BCUT2D eigenvalue weighted by Crippen LogP contribution is 2.21. The number of benzene rings is 4. The number of aryl methyl sites for hydroxylation is 4. The summed E-state index contributed by atoms with van der Waals surface area (Å²) in [5, 5.41) is 0. The van der Waals surface area contributed by atoms with Crippen molar-refractivity contribution in [3.8, 4) is 45.5 Å². The molecule has 0 radical (unpaired) electrons. The van der Waals surface area contributed by atoms with Gasteiger partial charge in [0.1, 0.15) is 17.3 Å². The molecule has 488 valence electrons. The van der Waals surface area contributed by atoms with Crippen LogP contribution >= 0.6 is 0 Å². The van der Waals surface area contributed by atoms with Gasteiger partial charge in [0.15, 0.2) is 17.3 Å². The molecule has 0 saturated heterocycles. The average molecular weight is 1150 g/mol. The molecule has 0 atom stereocenters. The second-order valence-corrected chi connectivity index (χ2v) is 11.2. The lowest BCUT2D eigenvalue weighted by Crippen LogP contribution is -1.95. The first kappa shape index (κ1) is 146. The van der Waals surface area contributed by atoms with Crippen molar-refractivity contribution in [3.63, 3.8) is 0 Å². The van der Waals surface area contributed by atoms with Crippen molar-refractivity contribution in [1.82, 2.24) is 19.9 Å². The Balaban J connectivity index is -0.0000000250. The van der Waals surface area contributed by atoms with Gasteiger partial charge in [0.25, 0.3) is 0 Å². The van der Waals surface area contributed by atoms with Gasteiger partial charge in [0.05, 0.1) is 27.4 Å². The molecule has 2 heterocycles. The molecule has 80 heavy (non-hydrogen) atoms. The Morgan fingerprint density at radius 1 is 0.287 bits per heavy atom. The quantitative estimate of drug-likeness (QED) is 0.0972. The summed E-state index contributed by atoms with van der Waals surface area (Å²) < 4.78 is 10.2. The Hall–Kier alpha value is -5.84. The van der Waals surface area contributed by atoms with E-state index in [9.17, 15) is 0 Å². The van der Waals surface area contributed by atoms with Crippen molar-refractivity contribution >= 4 is 0 Å². The molecule has 10 heteroatoms. The molecule has 0 spiro atoms. The van der Waals surface area contributed by atoms with Crippen LogP contribution in [0, 0.1) is 27.7 Å². The van der Waals surface area contributed by atoms with Gasteiger partial charge in [-0.05, 0) is 113 Å². The number of hydrogen-bond acceptors (Lipinski definition) is 10. The first-order chi connectivity index (χ1) is 29.2. The van der Waals surface area contributed by atoms with Crippen molar-refractivity contribution < 1.29 is 29.0 Å². The van der Waals surface area contributed by atoms with Gasteiger partial charge in [0, 0.05) is 35.9 Å². The maximum atomic E-state index is 5.09. The molecule has 4 aromatic carbocycles. The van der Waals surface area contributed by atoms with E-state index < -0.39 is 0 Å². The first-order valence-corrected chi connectivity index (χ1v) is 20.8. The fourth-order valence-corrected chi connectivity index (χ4v) is 4.05. The molecule has 0 N–H and O–H groups in total. The Bertz CT molecular complexity index is 1680. The minimum Gasteiger partial charge on any atom is -0.497 e. The van der Waals surface area contributed by atoms with Gasteiger partial charge >= 0.3 is 0 Å². The maximum absolute atomic E-state index is 5.09. The van der Waals surface area contributed by atoms with Crippen molar-refractivity contribution in [1.29, 1.82) is 0 Å². The van der Waals surface area contributed by atoms with Gasteiger partial charge < -0.3 is 19.2 Å². The third-order valence-corrected chi connectivity index (χ3v) is 6.92. The molecular formula is C70H152N4O6. The molecule has 0 unspecified atom stereocenters. The average Bonchev–Trinajstić information content (AvgIpc) is 3.32. The molecule has 6 aromatic rings. The summed E-state index contributed by atoms with van der Waals surface area (Å²) in [6.07, 6.45) is 7.27. The van der Waals surface area contributed by atoms with E-state index in [1.54, 1.807) is 14.2 Å². The fourth-order valence-electron chi connectivity index (χ4n) is 4.05. The van der Waals surface area contributed by atoms with Crippen LogP contribution in [-0.2, 0) is 9.78 Å². The Morgan fingerprint density at radius 3 is 0.787 bits per heavy atom. The van der Waals surface area contributed by atoms with Crippen LogP contribution in [0.5, 0.6) is 23.0 Å². The largest absolute Gasteiger partial charge is 0.497 e. The lowest BCUT2D eigenvalue weighted by atomic mass is 10.1. The highest BCUT2D eigenvalue weighted by Gasteiger charge is 2.01. The predicted octanol–water partition coefficient (Wildman–Crippen LogP) is 26.4. The van der Waals surface area contributed by atoms with Crippen molar-refractivity contribution in [3.05, 3.63) is 144 Å². The van der Waals surface area contributed by atoms with Crippen LogP contribution in [0.4, 0.5) is 0 Å². The maximum Gasteiger partial charge on any atom is 0.165 e. The monoisotopic (exact) mass is 1150 g/mol. The van der Waals surface area contributed by atoms with E-state index in [4.69, 9.17) is 29.0 Å². The highest BCUT2D eigenvalue weighted by atomic mass is 17.2. The molecule has 0 aliphatic carbocycles. The van der Waals surface area contributed by atoms with Crippen molar-refractivity contribution in [2.75, 3.05) is 27.4 Å². The second kappa shape index (κ2) is 98.6. The second-order valence-electron chi connectivity index (χ2n) is 11.2. The van der Waals surface area contributed by atoms with E-state index in [0.717, 1.165) is 56.9 Å². The zero-order chi connectivity index (χ0) is 45.6. The van der Waals surface area contributed by atoms with Gasteiger partial charge in [-0.1, -0.05) is 251 Å². The minimum absolute atomic E-state index is 0. The summed E-state index contributed by atoms with van der Waals surface area (Å²) in [5.74, 6) is 4.71. The van der Waals surface area contributed by atoms with Gasteiger partial charge in [-0.15, -0.1) is 0 Å². The normalized spacial score (nSPS) is 6.70. The van der Waals surface area contributed by atoms with E-state index in [2.05, 4.69) is 19.9 Å². The summed E-state index contributed by atoms with van der Waals surface area (Å²) >= 11 is 0. The zero-order valence-corrected chi connectivity index (χ0v) is 39.2. The molecule has 2 aromatic heterocycles. The molecule has 0 aliphatic rings. The van der Waals surface area contributed by atoms with Gasteiger partial charge in [-0.3, -0.25) is 0 Å². The molecule has 0 saturated carbocycles. The smallest absolute Gasteiger partial charge is 0.165 e. The SMILES string of the molecule is C.C.C.C.C.C.C.C.C.C.C.C.C.C.C.C.C.C.C.C.CC.CC.CC.CC.CCOOc1ccc(C)cc1.CCOOc1ccc(C)cc1.COc1ccc(-c2cnc(C)nc2)cc1.COc1ccc(-c2ncc(C)cn2)cc1. The molecule has 6 rings (SSSR count).